The highest BCUT2D eigenvalue weighted by Crippen LogP contribution is 2.20. The molecule has 0 heterocycles. The number of alkyl halides is 3. The monoisotopic (exact) mass is 165 g/mol. The maximum atomic E-state index is 11.5. The van der Waals surface area contributed by atoms with E-state index >= 15 is 0 Å². The minimum Gasteiger partial charge on any atom is -0.540 e. The van der Waals surface area contributed by atoms with Crippen molar-refractivity contribution >= 4 is 14.0 Å². The fourth-order valence-electron chi connectivity index (χ4n) is 0.243. The van der Waals surface area contributed by atoms with E-state index in [2.05, 4.69) is 18.4 Å². The Balaban J connectivity index is 4.35. The number of allylic oxidation sites excluding steroid dienone is 1. The topological polar surface area (TPSA) is 52.3 Å². The Morgan fingerprint density at radius 3 is 2.27 bits per heavy atom. The van der Waals surface area contributed by atoms with E-state index in [1.807, 2.05) is 0 Å². The fraction of sp³-hybridized carbons (Fsp3) is 0.250. The van der Waals surface area contributed by atoms with E-state index in [-0.39, 0.29) is 6.08 Å². The number of nitrogens with two attached hydrogens (primary N) is 1. The van der Waals surface area contributed by atoms with Crippen LogP contribution in [0.2, 0.25) is 0 Å². The SMILES string of the molecule is [B]OC(=O)/C=C(\N)C(F)(F)F. The second-order valence-corrected chi connectivity index (χ2v) is 1.53. The number of carbonyl (C=O) groups excluding carboxylic acids is 1. The number of rotatable bonds is 1. The normalized spacial score (nSPS) is 12.8. The summed E-state index contributed by atoms with van der Waals surface area (Å²) in [6.45, 7) is 0. The fourth-order valence-corrected chi connectivity index (χ4v) is 0.243. The van der Waals surface area contributed by atoms with Gasteiger partial charge in [-0.1, -0.05) is 0 Å². The summed E-state index contributed by atoms with van der Waals surface area (Å²) in [6, 6.07) is 0. The summed E-state index contributed by atoms with van der Waals surface area (Å²) in [6.07, 6.45) is -4.67. The van der Waals surface area contributed by atoms with E-state index in [0.717, 1.165) is 0 Å². The highest BCUT2D eigenvalue weighted by atomic mass is 19.4. The molecule has 0 bridgehead atoms. The molecule has 11 heavy (non-hydrogen) atoms. The first-order valence-electron chi connectivity index (χ1n) is 2.33. The van der Waals surface area contributed by atoms with Crippen molar-refractivity contribution in [2.45, 2.75) is 6.18 Å². The van der Waals surface area contributed by atoms with Gasteiger partial charge in [0.25, 0.3) is 0 Å². The molecule has 0 aliphatic rings. The average Bonchev–Trinajstić information content (AvgIpc) is 1.85. The van der Waals surface area contributed by atoms with Gasteiger partial charge in [-0.2, -0.15) is 13.2 Å². The van der Waals surface area contributed by atoms with Gasteiger partial charge in [-0.05, 0) is 0 Å². The first-order valence-corrected chi connectivity index (χ1v) is 2.33. The largest absolute Gasteiger partial charge is 0.540 e. The zero-order valence-corrected chi connectivity index (χ0v) is 5.18. The van der Waals surface area contributed by atoms with Crippen molar-refractivity contribution in [2.24, 2.45) is 5.73 Å². The molecule has 0 aliphatic carbocycles. The van der Waals surface area contributed by atoms with Crippen molar-refractivity contribution in [3.05, 3.63) is 11.8 Å². The van der Waals surface area contributed by atoms with Crippen LogP contribution >= 0.6 is 0 Å². The number of halogens is 3. The lowest BCUT2D eigenvalue weighted by atomic mass is 10.4. The lowest BCUT2D eigenvalue weighted by molar-refractivity contribution is -0.129. The minimum atomic E-state index is -4.73. The summed E-state index contributed by atoms with van der Waals surface area (Å²) >= 11 is 0. The van der Waals surface area contributed by atoms with E-state index in [9.17, 15) is 18.0 Å². The van der Waals surface area contributed by atoms with Crippen molar-refractivity contribution in [1.29, 1.82) is 0 Å². The number of hydrogen-bond acceptors (Lipinski definition) is 3. The third-order valence-corrected chi connectivity index (χ3v) is 0.717. The Morgan fingerprint density at radius 2 is 2.00 bits per heavy atom. The molecule has 0 amide bonds. The second-order valence-electron chi connectivity index (χ2n) is 1.53. The minimum absolute atomic E-state index is 0.0556. The number of carbonyl (C=O) groups is 1. The molecule has 0 rings (SSSR count). The van der Waals surface area contributed by atoms with Gasteiger partial charge in [0.2, 0.25) is 0 Å². The zero-order valence-electron chi connectivity index (χ0n) is 5.18. The quantitative estimate of drug-likeness (QED) is 0.440. The molecule has 0 aromatic rings. The molecular formula is C4H3BF3NO2. The van der Waals surface area contributed by atoms with Crippen LogP contribution in [0.4, 0.5) is 13.2 Å². The third-order valence-electron chi connectivity index (χ3n) is 0.717. The van der Waals surface area contributed by atoms with E-state index in [1.165, 1.54) is 0 Å². The summed E-state index contributed by atoms with van der Waals surface area (Å²) in [5.41, 5.74) is 2.86. The summed E-state index contributed by atoms with van der Waals surface area (Å²) in [5.74, 6) is -1.35. The van der Waals surface area contributed by atoms with Gasteiger partial charge in [-0.15, -0.1) is 0 Å². The predicted octanol–water partition coefficient (Wildman–Crippen LogP) is 0.0180. The Morgan fingerprint density at radius 1 is 1.55 bits per heavy atom. The maximum absolute atomic E-state index is 11.5. The molecule has 0 aromatic heterocycles. The van der Waals surface area contributed by atoms with Gasteiger partial charge in [0, 0.05) is 6.08 Å². The van der Waals surface area contributed by atoms with Crippen LogP contribution in [0.25, 0.3) is 0 Å². The Labute approximate surface area is 61.4 Å². The van der Waals surface area contributed by atoms with Gasteiger partial charge in [0.1, 0.15) is 5.70 Å². The average molecular weight is 165 g/mol. The summed E-state index contributed by atoms with van der Waals surface area (Å²) in [7, 11) is 4.25. The lowest BCUT2D eigenvalue weighted by Crippen LogP contribution is -2.20. The molecule has 0 fully saturated rings. The smallest absolute Gasteiger partial charge is 0.430 e. The van der Waals surface area contributed by atoms with Gasteiger partial charge in [0.15, 0.2) is 0 Å². The van der Waals surface area contributed by atoms with Gasteiger partial charge < -0.3 is 10.4 Å². The standard InChI is InChI=1S/C4H3BF3NO2/c5-11-3(10)1-2(9)4(6,7)8/h1H,9H2/b2-1-. The van der Waals surface area contributed by atoms with Crippen LogP contribution in [-0.2, 0) is 9.45 Å². The van der Waals surface area contributed by atoms with Crippen molar-refractivity contribution < 1.29 is 22.6 Å². The van der Waals surface area contributed by atoms with E-state index < -0.39 is 17.8 Å². The second kappa shape index (κ2) is 3.31. The molecule has 0 saturated heterocycles. The predicted molar refractivity (Wildman–Crippen MR) is 30.2 cm³/mol. The first kappa shape index (κ1) is 9.86. The molecule has 0 unspecified atom stereocenters. The zero-order chi connectivity index (χ0) is 9.07. The van der Waals surface area contributed by atoms with Crippen molar-refractivity contribution in [2.75, 3.05) is 0 Å². The lowest BCUT2D eigenvalue weighted by Gasteiger charge is -2.04. The molecule has 0 spiro atoms. The summed E-state index contributed by atoms with van der Waals surface area (Å²) in [4.78, 5) is 10.1. The van der Waals surface area contributed by atoms with Crippen LogP contribution in [0.15, 0.2) is 11.8 Å². The van der Waals surface area contributed by atoms with Crippen molar-refractivity contribution in [3.8, 4) is 0 Å². The molecule has 7 heteroatoms. The van der Waals surface area contributed by atoms with Gasteiger partial charge >= 0.3 is 20.2 Å². The van der Waals surface area contributed by atoms with Crippen LogP contribution < -0.4 is 5.73 Å². The molecule has 3 nitrogen and oxygen atoms in total. The highest BCUT2D eigenvalue weighted by molar-refractivity contribution is 6.07. The van der Waals surface area contributed by atoms with Gasteiger partial charge in [-0.25, -0.2) is 4.79 Å². The molecular weight excluding hydrogens is 162 g/mol. The van der Waals surface area contributed by atoms with Crippen molar-refractivity contribution in [1.82, 2.24) is 0 Å². The third kappa shape index (κ3) is 3.54. The number of hydrogen-bond donors (Lipinski definition) is 1. The van der Waals surface area contributed by atoms with E-state index in [4.69, 9.17) is 0 Å². The maximum Gasteiger partial charge on any atom is 0.430 e. The van der Waals surface area contributed by atoms with Crippen LogP contribution in [-0.4, -0.2) is 20.2 Å². The van der Waals surface area contributed by atoms with Gasteiger partial charge in [-0.3, -0.25) is 0 Å². The van der Waals surface area contributed by atoms with Crippen molar-refractivity contribution in [3.63, 3.8) is 0 Å². The van der Waals surface area contributed by atoms with Crippen LogP contribution in [0.1, 0.15) is 0 Å². The highest BCUT2D eigenvalue weighted by Gasteiger charge is 2.31. The van der Waals surface area contributed by atoms with E-state index in [1.54, 1.807) is 0 Å². The Kier molecular flexibility index (Phi) is 2.97. The molecule has 60 valence electrons. The summed E-state index contributed by atoms with van der Waals surface area (Å²) < 4.78 is 37.9. The van der Waals surface area contributed by atoms with E-state index in [0.29, 0.717) is 0 Å². The Bertz CT molecular complexity index is 188. The molecule has 0 saturated carbocycles. The molecule has 0 aromatic carbocycles. The summed E-state index contributed by atoms with van der Waals surface area (Å²) in [5, 5.41) is 0. The Hall–Kier alpha value is -1.14. The molecule has 0 aliphatic heterocycles. The first-order chi connectivity index (χ1) is 4.88. The van der Waals surface area contributed by atoms with Crippen LogP contribution in [0, 0.1) is 0 Å². The van der Waals surface area contributed by atoms with Gasteiger partial charge in [0.05, 0.1) is 0 Å². The molecule has 0 atom stereocenters. The van der Waals surface area contributed by atoms with Crippen LogP contribution in [0.5, 0.6) is 0 Å². The molecule has 2 N–H and O–H groups in total. The van der Waals surface area contributed by atoms with Crippen LogP contribution in [0.3, 0.4) is 0 Å². The molecule has 2 radical (unpaired) electrons.